The predicted octanol–water partition coefficient (Wildman–Crippen LogP) is 5.56. The largest absolute Gasteiger partial charge is 0.491 e. The van der Waals surface area contributed by atoms with E-state index in [9.17, 15) is 4.79 Å². The first-order chi connectivity index (χ1) is 16.0. The average molecular weight is 440 g/mol. The van der Waals surface area contributed by atoms with Gasteiger partial charge in [0, 0.05) is 24.6 Å². The highest BCUT2D eigenvalue weighted by Crippen LogP contribution is 2.33. The summed E-state index contributed by atoms with van der Waals surface area (Å²) in [5.74, 6) is 2.07. The molecule has 0 unspecified atom stereocenters. The molecule has 0 aliphatic carbocycles. The van der Waals surface area contributed by atoms with Gasteiger partial charge in [-0.1, -0.05) is 42.0 Å². The number of para-hydroxylation sites is 2. The molecule has 0 radical (unpaired) electrons. The Hall–Kier alpha value is -3.60. The third kappa shape index (κ3) is 4.23. The zero-order valence-corrected chi connectivity index (χ0v) is 19.4. The molecular weight excluding hydrogens is 410 g/mol. The number of imidazole rings is 1. The maximum absolute atomic E-state index is 12.9. The molecule has 5 nitrogen and oxygen atoms in total. The van der Waals surface area contributed by atoms with Crippen LogP contribution in [-0.2, 0) is 11.3 Å². The molecule has 5 heteroatoms. The smallest absolute Gasteiger partial charge is 0.227 e. The maximum Gasteiger partial charge on any atom is 0.227 e. The number of amides is 1. The molecule has 1 atom stereocenters. The lowest BCUT2D eigenvalue weighted by molar-refractivity contribution is -0.117. The number of hydrogen-bond donors (Lipinski definition) is 0. The fraction of sp³-hybridized carbons (Fsp3) is 0.286. The highest BCUT2D eigenvalue weighted by atomic mass is 16.5. The van der Waals surface area contributed by atoms with E-state index in [2.05, 4.69) is 55.7 Å². The van der Waals surface area contributed by atoms with Gasteiger partial charge in [0.25, 0.3) is 0 Å². The summed E-state index contributed by atoms with van der Waals surface area (Å²) in [6, 6.07) is 22.6. The maximum atomic E-state index is 12.9. The van der Waals surface area contributed by atoms with Crippen molar-refractivity contribution in [1.29, 1.82) is 0 Å². The lowest BCUT2D eigenvalue weighted by Crippen LogP contribution is -2.24. The number of aromatic nitrogens is 2. The van der Waals surface area contributed by atoms with Crippen LogP contribution in [0.2, 0.25) is 0 Å². The molecule has 1 saturated heterocycles. The number of nitrogens with zero attached hydrogens (tertiary/aromatic N) is 3. The second kappa shape index (κ2) is 8.74. The molecule has 0 N–H and O–H groups in total. The van der Waals surface area contributed by atoms with Gasteiger partial charge in [-0.15, -0.1) is 0 Å². The number of aryl methyl sites for hydroxylation is 3. The quantitative estimate of drug-likeness (QED) is 0.395. The lowest BCUT2D eigenvalue weighted by Gasteiger charge is -2.18. The van der Waals surface area contributed by atoms with E-state index in [0.29, 0.717) is 26.1 Å². The zero-order valence-electron chi connectivity index (χ0n) is 19.4. The third-order valence-electron chi connectivity index (χ3n) is 6.39. The van der Waals surface area contributed by atoms with E-state index in [-0.39, 0.29) is 11.8 Å². The minimum absolute atomic E-state index is 0.0477. The first-order valence-electron chi connectivity index (χ1n) is 11.5. The second-order valence-corrected chi connectivity index (χ2v) is 8.97. The Morgan fingerprint density at radius 1 is 0.970 bits per heavy atom. The highest BCUT2D eigenvalue weighted by molar-refractivity contribution is 5.96. The van der Waals surface area contributed by atoms with Crippen molar-refractivity contribution in [2.24, 2.45) is 0 Å². The van der Waals surface area contributed by atoms with Crippen molar-refractivity contribution in [3.8, 4) is 5.75 Å². The van der Waals surface area contributed by atoms with Gasteiger partial charge in [0.2, 0.25) is 5.91 Å². The first-order valence-corrected chi connectivity index (χ1v) is 11.5. The molecule has 1 amide bonds. The van der Waals surface area contributed by atoms with Gasteiger partial charge in [0.05, 0.1) is 17.6 Å². The molecule has 0 spiro atoms. The van der Waals surface area contributed by atoms with Crippen molar-refractivity contribution in [3.63, 3.8) is 0 Å². The molecule has 0 bridgehead atoms. The number of ether oxygens (including phenoxy) is 1. The number of anilines is 1. The molecule has 168 valence electrons. The molecule has 5 rings (SSSR count). The molecular formula is C28H29N3O2. The zero-order chi connectivity index (χ0) is 22.9. The van der Waals surface area contributed by atoms with Gasteiger partial charge < -0.3 is 14.2 Å². The van der Waals surface area contributed by atoms with E-state index in [1.54, 1.807) is 0 Å². The van der Waals surface area contributed by atoms with Crippen LogP contribution in [0, 0.1) is 20.8 Å². The number of carbonyl (C=O) groups is 1. The topological polar surface area (TPSA) is 47.4 Å². The molecule has 1 aliphatic rings. The van der Waals surface area contributed by atoms with Crippen LogP contribution in [0.15, 0.2) is 66.7 Å². The van der Waals surface area contributed by atoms with Crippen LogP contribution in [0.3, 0.4) is 0 Å². The molecule has 3 aromatic carbocycles. The number of benzene rings is 3. The van der Waals surface area contributed by atoms with Gasteiger partial charge in [-0.3, -0.25) is 4.79 Å². The Labute approximate surface area is 194 Å². The molecule has 33 heavy (non-hydrogen) atoms. The Morgan fingerprint density at radius 2 is 1.79 bits per heavy atom. The van der Waals surface area contributed by atoms with E-state index in [0.717, 1.165) is 39.4 Å². The third-order valence-corrected chi connectivity index (χ3v) is 6.39. The number of rotatable bonds is 6. The molecule has 4 aromatic rings. The van der Waals surface area contributed by atoms with Crippen LogP contribution in [-0.4, -0.2) is 28.6 Å². The van der Waals surface area contributed by atoms with E-state index in [1.807, 2.05) is 41.3 Å². The minimum Gasteiger partial charge on any atom is -0.491 e. The van der Waals surface area contributed by atoms with Crippen molar-refractivity contribution in [2.75, 3.05) is 18.1 Å². The Kier molecular flexibility index (Phi) is 5.63. The highest BCUT2D eigenvalue weighted by Gasteiger charge is 2.34. The Bertz CT molecular complexity index is 1320. The molecule has 0 saturated carbocycles. The molecule has 1 aromatic heterocycles. The van der Waals surface area contributed by atoms with Crippen molar-refractivity contribution in [2.45, 2.75) is 39.7 Å². The number of fused-ring (bicyclic) bond motifs is 1. The second-order valence-electron chi connectivity index (χ2n) is 8.97. The van der Waals surface area contributed by atoms with Crippen LogP contribution in [0.5, 0.6) is 5.75 Å². The SMILES string of the molecule is Cc1cccc(N2C[C@@H](c3nc4ccccc4n3CCOc3ccc(C)cc3C)CC2=O)c1. The van der Waals surface area contributed by atoms with Crippen molar-refractivity contribution >= 4 is 22.6 Å². The van der Waals surface area contributed by atoms with Crippen LogP contribution in [0.1, 0.15) is 34.9 Å². The van der Waals surface area contributed by atoms with Crippen molar-refractivity contribution < 1.29 is 9.53 Å². The van der Waals surface area contributed by atoms with Gasteiger partial charge >= 0.3 is 0 Å². The summed E-state index contributed by atoms with van der Waals surface area (Å²) < 4.78 is 8.36. The fourth-order valence-electron chi connectivity index (χ4n) is 4.77. The summed E-state index contributed by atoms with van der Waals surface area (Å²) in [5, 5.41) is 0. The van der Waals surface area contributed by atoms with Crippen LogP contribution in [0.25, 0.3) is 11.0 Å². The van der Waals surface area contributed by atoms with Gasteiger partial charge in [-0.2, -0.15) is 0 Å². The summed E-state index contributed by atoms with van der Waals surface area (Å²) >= 11 is 0. The van der Waals surface area contributed by atoms with Crippen molar-refractivity contribution in [1.82, 2.24) is 9.55 Å². The predicted molar refractivity (Wildman–Crippen MR) is 132 cm³/mol. The number of hydrogen-bond acceptors (Lipinski definition) is 3. The van der Waals surface area contributed by atoms with Crippen LogP contribution < -0.4 is 9.64 Å². The monoisotopic (exact) mass is 439 g/mol. The van der Waals surface area contributed by atoms with Gasteiger partial charge in [0.15, 0.2) is 0 Å². The van der Waals surface area contributed by atoms with E-state index in [1.165, 1.54) is 5.56 Å². The Morgan fingerprint density at radius 3 is 2.61 bits per heavy atom. The van der Waals surface area contributed by atoms with E-state index in [4.69, 9.17) is 9.72 Å². The standard InChI is InChI=1S/C28H29N3O2/c1-19-7-6-8-23(16-19)31-18-22(17-27(31)32)28-29-24-9-4-5-10-25(24)30(28)13-14-33-26-12-11-20(2)15-21(26)3/h4-12,15-16,22H,13-14,17-18H2,1-3H3/t22-/m0/s1. The van der Waals surface area contributed by atoms with Gasteiger partial charge in [0.1, 0.15) is 18.2 Å². The Balaban J connectivity index is 1.40. The normalized spacial score (nSPS) is 16.0. The average Bonchev–Trinajstić information content (AvgIpc) is 3.36. The number of carbonyl (C=O) groups excluding carboxylic acids is 1. The van der Waals surface area contributed by atoms with E-state index >= 15 is 0 Å². The summed E-state index contributed by atoms with van der Waals surface area (Å²) in [5.41, 5.74) is 6.52. The first kappa shape index (κ1) is 21.3. The summed E-state index contributed by atoms with van der Waals surface area (Å²) in [6.45, 7) is 8.08. The summed E-state index contributed by atoms with van der Waals surface area (Å²) in [4.78, 5) is 19.8. The minimum atomic E-state index is 0.0477. The van der Waals surface area contributed by atoms with Gasteiger partial charge in [-0.25, -0.2) is 4.98 Å². The van der Waals surface area contributed by atoms with Crippen LogP contribution in [0.4, 0.5) is 5.69 Å². The van der Waals surface area contributed by atoms with Gasteiger partial charge in [-0.05, 0) is 62.2 Å². The molecule has 1 fully saturated rings. The lowest BCUT2D eigenvalue weighted by atomic mass is 10.1. The summed E-state index contributed by atoms with van der Waals surface area (Å²) in [7, 11) is 0. The fourth-order valence-corrected chi connectivity index (χ4v) is 4.77. The molecule has 1 aliphatic heterocycles. The molecule has 2 heterocycles. The van der Waals surface area contributed by atoms with Crippen molar-refractivity contribution in [3.05, 3.63) is 89.2 Å². The summed E-state index contributed by atoms with van der Waals surface area (Å²) in [6.07, 6.45) is 0.467. The van der Waals surface area contributed by atoms with Crippen LogP contribution >= 0.6 is 0 Å². The van der Waals surface area contributed by atoms with E-state index < -0.39 is 0 Å².